The molecule has 0 spiro atoms. The van der Waals surface area contributed by atoms with Crippen molar-refractivity contribution in [3.05, 3.63) is 35.9 Å². The molecule has 1 atom stereocenters. The van der Waals surface area contributed by atoms with Crippen LogP contribution < -0.4 is 20.7 Å². The number of nitrogens with one attached hydrogen (secondary N) is 1. The molecule has 11 heteroatoms. The average Bonchev–Trinajstić information content (AvgIpc) is 3.18. The molecule has 2 aliphatic heterocycles. The summed E-state index contributed by atoms with van der Waals surface area (Å²) in [7, 11) is 1.79. The molecule has 9 nitrogen and oxygen atoms in total. The second-order valence-corrected chi connectivity index (χ2v) is 9.18. The van der Waals surface area contributed by atoms with Gasteiger partial charge in [-0.15, -0.1) is 0 Å². The lowest BCUT2D eigenvalue weighted by Gasteiger charge is -2.27. The smallest absolute Gasteiger partial charge is 0.413 e. The van der Waals surface area contributed by atoms with Crippen molar-refractivity contribution in [3.8, 4) is 17.0 Å². The zero-order valence-electron chi connectivity index (χ0n) is 19.4. The first-order valence-corrected chi connectivity index (χ1v) is 11.3. The summed E-state index contributed by atoms with van der Waals surface area (Å²) in [6, 6.07) is 3.08. The normalized spacial score (nSPS) is 19.8. The number of likely N-dealkylation sites (tertiary alicyclic amines) is 1. The highest BCUT2D eigenvalue weighted by atomic mass is 19.1. The van der Waals surface area contributed by atoms with E-state index in [1.807, 2.05) is 11.8 Å². The molecule has 4 heterocycles. The van der Waals surface area contributed by atoms with Gasteiger partial charge < -0.3 is 25.8 Å². The van der Waals surface area contributed by atoms with E-state index in [4.69, 9.17) is 10.5 Å². The number of benzene rings is 1. The first-order chi connectivity index (χ1) is 16.7. The predicted molar refractivity (Wildman–Crippen MR) is 129 cm³/mol. The number of nitrogen functional groups attached to an aromatic ring is 1. The quantitative estimate of drug-likeness (QED) is 0.481. The summed E-state index contributed by atoms with van der Waals surface area (Å²) in [5, 5.41) is 13.9. The molecule has 2 aliphatic rings. The van der Waals surface area contributed by atoms with Gasteiger partial charge in [-0.05, 0) is 43.5 Å². The first kappa shape index (κ1) is 23.0. The van der Waals surface area contributed by atoms with E-state index < -0.39 is 17.6 Å². The molecule has 0 radical (unpaired) electrons. The van der Waals surface area contributed by atoms with Gasteiger partial charge in [0.1, 0.15) is 23.8 Å². The number of hydrogen-bond acceptors (Lipinski definition) is 7. The van der Waals surface area contributed by atoms with Crippen LogP contribution in [0.2, 0.25) is 0 Å². The number of rotatable bonds is 4. The SMILES string of the molecule is Cc1c(-c2cc3cc(N(CC4(F)CCN(C)C4)C(=O)O)ncc3c(N)c2F)cnc2c1NCCO2. The molecule has 1 fully saturated rings. The van der Waals surface area contributed by atoms with Crippen molar-refractivity contribution in [2.24, 2.45) is 0 Å². The van der Waals surface area contributed by atoms with E-state index >= 15 is 8.78 Å². The van der Waals surface area contributed by atoms with Gasteiger partial charge in [0.15, 0.2) is 5.82 Å². The maximum Gasteiger partial charge on any atom is 0.413 e. The molecule has 0 saturated carbocycles. The molecule has 5 rings (SSSR count). The van der Waals surface area contributed by atoms with Crippen LogP contribution in [-0.2, 0) is 0 Å². The third-order valence-corrected chi connectivity index (χ3v) is 6.66. The van der Waals surface area contributed by atoms with Gasteiger partial charge in [-0.2, -0.15) is 0 Å². The van der Waals surface area contributed by atoms with E-state index in [-0.39, 0.29) is 36.6 Å². The number of aromatic nitrogens is 2. The summed E-state index contributed by atoms with van der Waals surface area (Å²) < 4.78 is 36.2. The minimum absolute atomic E-state index is 0.0453. The summed E-state index contributed by atoms with van der Waals surface area (Å²) in [6.07, 6.45) is 1.76. The number of alkyl halides is 1. The Morgan fingerprint density at radius 1 is 1.34 bits per heavy atom. The van der Waals surface area contributed by atoms with E-state index in [2.05, 4.69) is 15.3 Å². The van der Waals surface area contributed by atoms with Gasteiger partial charge in [0.05, 0.1) is 12.2 Å². The molecule has 184 valence electrons. The van der Waals surface area contributed by atoms with Gasteiger partial charge in [-0.1, -0.05) is 0 Å². The first-order valence-electron chi connectivity index (χ1n) is 11.3. The van der Waals surface area contributed by atoms with E-state index in [0.717, 1.165) is 10.5 Å². The van der Waals surface area contributed by atoms with E-state index in [1.54, 1.807) is 13.1 Å². The van der Waals surface area contributed by atoms with Crippen molar-refractivity contribution in [3.63, 3.8) is 0 Å². The number of carbonyl (C=O) groups is 1. The van der Waals surface area contributed by atoms with Gasteiger partial charge in [0.2, 0.25) is 5.88 Å². The second-order valence-electron chi connectivity index (χ2n) is 9.18. The number of pyridine rings is 2. The molecule has 1 amide bonds. The van der Waals surface area contributed by atoms with Crippen LogP contribution in [0.5, 0.6) is 5.88 Å². The standard InChI is InChI=1S/C24H26F2N6O3/c1-13-16(9-30-22-21(13)28-4-6-35-22)15-7-14-8-18(29-10-17(14)20(27)19(15)25)32(23(33)34)12-24(26)3-5-31(2)11-24/h7-10,28H,3-6,11-12,27H2,1-2H3,(H,33,34). The van der Waals surface area contributed by atoms with Crippen molar-refractivity contribution in [2.75, 3.05) is 55.8 Å². The molecule has 35 heavy (non-hydrogen) atoms. The number of amides is 1. The molecule has 2 aromatic heterocycles. The van der Waals surface area contributed by atoms with Crippen molar-refractivity contribution in [1.29, 1.82) is 0 Å². The number of nitrogens with zero attached hydrogens (tertiary/aromatic N) is 4. The van der Waals surface area contributed by atoms with Crippen LogP contribution in [-0.4, -0.2) is 71.6 Å². The third-order valence-electron chi connectivity index (χ3n) is 6.66. The Balaban J connectivity index is 1.59. The molecule has 0 aliphatic carbocycles. The Hall–Kier alpha value is -3.73. The van der Waals surface area contributed by atoms with Crippen LogP contribution >= 0.6 is 0 Å². The highest BCUT2D eigenvalue weighted by Gasteiger charge is 2.40. The Labute approximate surface area is 200 Å². The number of halogens is 2. The van der Waals surface area contributed by atoms with Gasteiger partial charge in [0, 0.05) is 48.5 Å². The fourth-order valence-electron chi connectivity index (χ4n) is 4.81. The summed E-state index contributed by atoms with van der Waals surface area (Å²) in [5.41, 5.74) is 6.51. The molecular formula is C24H26F2N6O3. The maximum atomic E-state index is 15.4. The lowest BCUT2D eigenvalue weighted by Crippen LogP contribution is -2.44. The van der Waals surface area contributed by atoms with Gasteiger partial charge in [-0.25, -0.2) is 23.5 Å². The van der Waals surface area contributed by atoms with Crippen LogP contribution in [0.4, 0.5) is 30.8 Å². The van der Waals surface area contributed by atoms with E-state index in [9.17, 15) is 9.90 Å². The van der Waals surface area contributed by atoms with E-state index in [0.29, 0.717) is 47.6 Å². The van der Waals surface area contributed by atoms with Crippen molar-refractivity contribution in [2.45, 2.75) is 19.0 Å². The lowest BCUT2D eigenvalue weighted by atomic mass is 9.97. The topological polar surface area (TPSA) is 117 Å². The molecule has 1 saturated heterocycles. The minimum Gasteiger partial charge on any atom is -0.474 e. The predicted octanol–water partition coefficient (Wildman–Crippen LogP) is 3.66. The molecular weight excluding hydrogens is 458 g/mol. The number of anilines is 3. The Bertz CT molecular complexity index is 1340. The van der Waals surface area contributed by atoms with Crippen LogP contribution in [0, 0.1) is 12.7 Å². The summed E-state index contributed by atoms with van der Waals surface area (Å²) in [4.78, 5) is 23.2. The van der Waals surface area contributed by atoms with Gasteiger partial charge in [-0.3, -0.25) is 4.90 Å². The van der Waals surface area contributed by atoms with Crippen molar-refractivity contribution >= 4 is 34.1 Å². The van der Waals surface area contributed by atoms with Crippen LogP contribution in [0.1, 0.15) is 12.0 Å². The van der Waals surface area contributed by atoms with Gasteiger partial charge >= 0.3 is 6.09 Å². The number of carboxylic acid groups (broad SMARTS) is 1. The zero-order valence-corrected chi connectivity index (χ0v) is 19.4. The van der Waals surface area contributed by atoms with Crippen molar-refractivity contribution < 1.29 is 23.4 Å². The van der Waals surface area contributed by atoms with Gasteiger partial charge in [0.25, 0.3) is 0 Å². The number of fused-ring (bicyclic) bond motifs is 2. The highest BCUT2D eigenvalue weighted by Crippen LogP contribution is 2.40. The summed E-state index contributed by atoms with van der Waals surface area (Å²) in [5.74, 6) is -0.128. The zero-order chi connectivity index (χ0) is 24.9. The Morgan fingerprint density at radius 3 is 2.86 bits per heavy atom. The average molecular weight is 485 g/mol. The Morgan fingerprint density at radius 2 is 2.14 bits per heavy atom. The second kappa shape index (κ2) is 8.49. The lowest BCUT2D eigenvalue weighted by molar-refractivity contribution is 0.165. The molecule has 1 unspecified atom stereocenters. The van der Waals surface area contributed by atoms with E-state index in [1.165, 1.54) is 18.5 Å². The molecule has 0 bridgehead atoms. The fraction of sp³-hybridized carbons (Fsp3) is 0.375. The summed E-state index contributed by atoms with van der Waals surface area (Å²) >= 11 is 0. The Kier molecular flexibility index (Phi) is 5.59. The van der Waals surface area contributed by atoms with Crippen LogP contribution in [0.15, 0.2) is 24.5 Å². The van der Waals surface area contributed by atoms with Crippen molar-refractivity contribution in [1.82, 2.24) is 14.9 Å². The third kappa shape index (κ3) is 4.05. The largest absolute Gasteiger partial charge is 0.474 e. The maximum absolute atomic E-state index is 15.4. The summed E-state index contributed by atoms with van der Waals surface area (Å²) in [6.45, 7) is 3.25. The highest BCUT2D eigenvalue weighted by molar-refractivity contribution is 5.99. The molecule has 3 aromatic rings. The fourth-order valence-corrected chi connectivity index (χ4v) is 4.81. The monoisotopic (exact) mass is 484 g/mol. The van der Waals surface area contributed by atoms with Crippen LogP contribution in [0.25, 0.3) is 21.9 Å². The number of nitrogens with two attached hydrogens (primary N) is 1. The minimum atomic E-state index is -1.68. The van der Waals surface area contributed by atoms with Crippen LogP contribution in [0.3, 0.4) is 0 Å². The number of ether oxygens (including phenoxy) is 1. The molecule has 1 aromatic carbocycles. The number of hydrogen-bond donors (Lipinski definition) is 3. The molecule has 4 N–H and O–H groups in total.